The van der Waals surface area contributed by atoms with Crippen LogP contribution < -0.4 is 21.1 Å². The summed E-state index contributed by atoms with van der Waals surface area (Å²) >= 11 is 0. The van der Waals surface area contributed by atoms with Gasteiger partial charge in [-0.2, -0.15) is 4.98 Å². The molecule has 0 fully saturated rings. The molecule has 0 unspecified atom stereocenters. The normalized spacial score (nSPS) is 10.3. The van der Waals surface area contributed by atoms with Gasteiger partial charge in [-0.25, -0.2) is 4.98 Å². The van der Waals surface area contributed by atoms with Crippen molar-refractivity contribution < 1.29 is 4.74 Å². The van der Waals surface area contributed by atoms with Crippen LogP contribution in [0.1, 0.15) is 11.1 Å². The maximum Gasteiger partial charge on any atom is 0.221 e. The van der Waals surface area contributed by atoms with Crippen LogP contribution >= 0.6 is 0 Å². The van der Waals surface area contributed by atoms with E-state index in [2.05, 4.69) is 9.97 Å². The third kappa shape index (κ3) is 2.90. The minimum absolute atomic E-state index is 0.187. The monoisotopic (exact) mass is 273 g/mol. The number of methoxy groups -OCH3 is 1. The molecule has 0 aliphatic heterocycles. The van der Waals surface area contributed by atoms with Gasteiger partial charge in [0, 0.05) is 32.3 Å². The lowest BCUT2D eigenvalue weighted by molar-refractivity contribution is 0.415. The van der Waals surface area contributed by atoms with E-state index in [4.69, 9.17) is 16.2 Å². The summed E-state index contributed by atoms with van der Waals surface area (Å²) in [6, 6.07) is 6.04. The highest BCUT2D eigenvalue weighted by Crippen LogP contribution is 2.29. The van der Waals surface area contributed by atoms with Crippen LogP contribution in [0.15, 0.2) is 24.4 Å². The number of nitrogens with zero attached hydrogens (tertiary/aromatic N) is 3. The molecule has 0 radical (unpaired) electrons. The zero-order valence-corrected chi connectivity index (χ0v) is 11.9. The van der Waals surface area contributed by atoms with E-state index in [1.807, 2.05) is 37.2 Å². The molecule has 6 heteroatoms. The van der Waals surface area contributed by atoms with Gasteiger partial charge in [0.15, 0.2) is 0 Å². The lowest BCUT2D eigenvalue weighted by atomic mass is 10.1. The SMILES string of the molecule is COc1cc(Cc2cnc(N)nc2N)ccc1N(C)C. The smallest absolute Gasteiger partial charge is 0.221 e. The predicted octanol–water partition coefficient (Wildman–Crippen LogP) is 1.31. The minimum atomic E-state index is 0.187. The molecule has 106 valence electrons. The zero-order chi connectivity index (χ0) is 14.7. The summed E-state index contributed by atoms with van der Waals surface area (Å²) < 4.78 is 5.41. The summed E-state index contributed by atoms with van der Waals surface area (Å²) in [6.07, 6.45) is 2.29. The van der Waals surface area contributed by atoms with Gasteiger partial charge in [-0.3, -0.25) is 0 Å². The summed E-state index contributed by atoms with van der Waals surface area (Å²) in [5.74, 6) is 1.42. The van der Waals surface area contributed by atoms with Gasteiger partial charge < -0.3 is 21.1 Å². The molecule has 4 N–H and O–H groups in total. The standard InChI is InChI=1S/C14H19N5O/c1-19(2)11-5-4-9(7-12(11)20-3)6-10-8-17-14(16)18-13(10)15/h4-5,7-8H,6H2,1-3H3,(H4,15,16,17,18). The van der Waals surface area contributed by atoms with E-state index in [0.29, 0.717) is 12.2 Å². The number of anilines is 3. The number of hydrogen-bond donors (Lipinski definition) is 2. The fourth-order valence-corrected chi connectivity index (χ4v) is 1.99. The number of hydrogen-bond acceptors (Lipinski definition) is 6. The lowest BCUT2D eigenvalue weighted by Gasteiger charge is -2.17. The van der Waals surface area contributed by atoms with Gasteiger partial charge in [-0.15, -0.1) is 0 Å². The first-order valence-electron chi connectivity index (χ1n) is 6.22. The van der Waals surface area contributed by atoms with Crippen LogP contribution in [0, 0.1) is 0 Å². The van der Waals surface area contributed by atoms with Crippen molar-refractivity contribution >= 4 is 17.5 Å². The number of benzene rings is 1. The zero-order valence-electron chi connectivity index (χ0n) is 11.9. The average molecular weight is 273 g/mol. The Hall–Kier alpha value is -2.50. The van der Waals surface area contributed by atoms with Crippen LogP contribution in [-0.2, 0) is 6.42 Å². The molecule has 20 heavy (non-hydrogen) atoms. The molecule has 0 saturated carbocycles. The van der Waals surface area contributed by atoms with E-state index in [-0.39, 0.29) is 5.95 Å². The Bertz CT molecular complexity index is 613. The largest absolute Gasteiger partial charge is 0.495 e. The Labute approximate surface area is 118 Å². The van der Waals surface area contributed by atoms with Crippen LogP contribution in [0.3, 0.4) is 0 Å². The number of nitrogen functional groups attached to an aromatic ring is 2. The number of aromatic nitrogens is 2. The first-order valence-corrected chi connectivity index (χ1v) is 6.22. The fraction of sp³-hybridized carbons (Fsp3) is 0.286. The van der Waals surface area contributed by atoms with Crippen LogP contribution in [0.4, 0.5) is 17.5 Å². The Morgan fingerprint density at radius 2 is 2.00 bits per heavy atom. The van der Waals surface area contributed by atoms with Crippen LogP contribution in [0.5, 0.6) is 5.75 Å². The molecule has 1 heterocycles. The molecule has 2 aromatic rings. The highest BCUT2D eigenvalue weighted by molar-refractivity contribution is 5.59. The Balaban J connectivity index is 2.30. The van der Waals surface area contributed by atoms with E-state index in [0.717, 1.165) is 22.6 Å². The fourth-order valence-electron chi connectivity index (χ4n) is 1.99. The van der Waals surface area contributed by atoms with Crippen molar-refractivity contribution in [1.82, 2.24) is 9.97 Å². The number of ether oxygens (including phenoxy) is 1. The first kappa shape index (κ1) is 13.9. The van der Waals surface area contributed by atoms with Gasteiger partial charge in [0.1, 0.15) is 11.6 Å². The Morgan fingerprint density at radius 3 is 2.60 bits per heavy atom. The minimum Gasteiger partial charge on any atom is -0.495 e. The molecule has 6 nitrogen and oxygen atoms in total. The molecule has 0 aliphatic rings. The van der Waals surface area contributed by atoms with Gasteiger partial charge >= 0.3 is 0 Å². The molecule has 2 rings (SSSR count). The third-order valence-electron chi connectivity index (χ3n) is 3.04. The summed E-state index contributed by atoms with van der Waals surface area (Å²) in [5.41, 5.74) is 14.3. The van der Waals surface area contributed by atoms with Crippen LogP contribution in [-0.4, -0.2) is 31.2 Å². The van der Waals surface area contributed by atoms with E-state index in [1.54, 1.807) is 13.3 Å². The Morgan fingerprint density at radius 1 is 1.25 bits per heavy atom. The highest BCUT2D eigenvalue weighted by Gasteiger charge is 2.09. The van der Waals surface area contributed by atoms with E-state index >= 15 is 0 Å². The van der Waals surface area contributed by atoms with E-state index in [1.165, 1.54) is 0 Å². The summed E-state index contributed by atoms with van der Waals surface area (Å²) in [7, 11) is 5.61. The summed E-state index contributed by atoms with van der Waals surface area (Å²) in [6.45, 7) is 0. The topological polar surface area (TPSA) is 90.3 Å². The lowest BCUT2D eigenvalue weighted by Crippen LogP contribution is -2.10. The molecular formula is C14H19N5O. The molecule has 0 aliphatic carbocycles. The second-order valence-corrected chi connectivity index (χ2v) is 4.72. The molecule has 0 atom stereocenters. The Kier molecular flexibility index (Phi) is 3.93. The maximum absolute atomic E-state index is 5.85. The van der Waals surface area contributed by atoms with Crippen molar-refractivity contribution in [3.05, 3.63) is 35.5 Å². The van der Waals surface area contributed by atoms with Gasteiger partial charge in [0.2, 0.25) is 5.95 Å². The second-order valence-electron chi connectivity index (χ2n) is 4.72. The average Bonchev–Trinajstić information content (AvgIpc) is 2.41. The summed E-state index contributed by atoms with van der Waals surface area (Å²) in [4.78, 5) is 9.94. The van der Waals surface area contributed by atoms with Crippen molar-refractivity contribution in [1.29, 1.82) is 0 Å². The quantitative estimate of drug-likeness (QED) is 0.872. The van der Waals surface area contributed by atoms with Crippen molar-refractivity contribution in [2.75, 3.05) is 37.6 Å². The van der Waals surface area contributed by atoms with Gasteiger partial charge in [-0.1, -0.05) is 6.07 Å². The molecular weight excluding hydrogens is 254 g/mol. The van der Waals surface area contributed by atoms with Gasteiger partial charge in [-0.05, 0) is 17.7 Å². The molecule has 1 aromatic carbocycles. The third-order valence-corrected chi connectivity index (χ3v) is 3.04. The van der Waals surface area contributed by atoms with Crippen molar-refractivity contribution in [3.63, 3.8) is 0 Å². The van der Waals surface area contributed by atoms with E-state index < -0.39 is 0 Å². The van der Waals surface area contributed by atoms with Crippen molar-refractivity contribution in [3.8, 4) is 5.75 Å². The van der Waals surface area contributed by atoms with Crippen LogP contribution in [0.25, 0.3) is 0 Å². The maximum atomic E-state index is 5.85. The number of rotatable bonds is 4. The van der Waals surface area contributed by atoms with Gasteiger partial charge in [0.25, 0.3) is 0 Å². The van der Waals surface area contributed by atoms with Crippen molar-refractivity contribution in [2.24, 2.45) is 0 Å². The number of nitrogens with two attached hydrogens (primary N) is 2. The van der Waals surface area contributed by atoms with Crippen LogP contribution in [0.2, 0.25) is 0 Å². The second kappa shape index (κ2) is 5.64. The predicted molar refractivity (Wildman–Crippen MR) is 81.0 cm³/mol. The van der Waals surface area contributed by atoms with Crippen molar-refractivity contribution in [2.45, 2.75) is 6.42 Å². The summed E-state index contributed by atoms with van der Waals surface area (Å²) in [5, 5.41) is 0. The van der Waals surface area contributed by atoms with Gasteiger partial charge in [0.05, 0.1) is 12.8 Å². The molecule has 1 aromatic heterocycles. The first-order chi connectivity index (χ1) is 9.51. The molecule has 0 saturated heterocycles. The molecule has 0 bridgehead atoms. The molecule has 0 amide bonds. The highest BCUT2D eigenvalue weighted by atomic mass is 16.5. The van der Waals surface area contributed by atoms with E-state index in [9.17, 15) is 0 Å². The molecule has 0 spiro atoms.